The Hall–Kier alpha value is -2.55. The molecular formula is C24H28N4O3S. The quantitative estimate of drug-likeness (QED) is 0.581. The van der Waals surface area contributed by atoms with Gasteiger partial charge in [0.15, 0.2) is 0 Å². The number of nitrogens with zero attached hydrogens (tertiary/aromatic N) is 4. The smallest absolute Gasteiger partial charge is 0.259 e. The molecule has 1 aromatic heterocycles. The lowest BCUT2D eigenvalue weighted by Gasteiger charge is -2.40. The number of aromatic nitrogens is 2. The van der Waals surface area contributed by atoms with Gasteiger partial charge in [0.1, 0.15) is 0 Å². The van der Waals surface area contributed by atoms with Crippen molar-refractivity contribution in [2.45, 2.75) is 43.0 Å². The van der Waals surface area contributed by atoms with E-state index in [2.05, 4.69) is 15.0 Å². The van der Waals surface area contributed by atoms with Gasteiger partial charge in [-0.3, -0.25) is 4.90 Å². The number of hydrogen-bond donors (Lipinski definition) is 0. The zero-order valence-electron chi connectivity index (χ0n) is 18.1. The molecule has 5 rings (SSSR count). The summed E-state index contributed by atoms with van der Waals surface area (Å²) in [4.78, 5) is 7.16. The van der Waals surface area contributed by atoms with Crippen molar-refractivity contribution < 1.29 is 12.9 Å². The number of piperazine rings is 1. The number of rotatable bonds is 5. The van der Waals surface area contributed by atoms with Crippen molar-refractivity contribution in [3.63, 3.8) is 0 Å². The van der Waals surface area contributed by atoms with E-state index in [0.717, 1.165) is 18.7 Å². The van der Waals surface area contributed by atoms with E-state index >= 15 is 0 Å². The Balaban J connectivity index is 1.37. The van der Waals surface area contributed by atoms with Crippen LogP contribution in [-0.2, 0) is 10.0 Å². The van der Waals surface area contributed by atoms with Crippen LogP contribution in [0.25, 0.3) is 22.8 Å². The molecule has 2 fully saturated rings. The molecule has 32 heavy (non-hydrogen) atoms. The van der Waals surface area contributed by atoms with E-state index in [1.165, 1.54) is 32.1 Å². The second-order valence-electron chi connectivity index (χ2n) is 8.52. The predicted octanol–water partition coefficient (Wildman–Crippen LogP) is 4.04. The van der Waals surface area contributed by atoms with Crippen LogP contribution >= 0.6 is 0 Å². The molecule has 2 aromatic carbocycles. The van der Waals surface area contributed by atoms with Gasteiger partial charge in [-0.05, 0) is 25.0 Å². The highest BCUT2D eigenvalue weighted by molar-refractivity contribution is 7.89. The normalized spacial score (nSPS) is 19.2. The SMILES string of the molecule is O=S(=O)(c1ccccc1-c1nc(-c2ccccc2)no1)N1CCN(C2CCCCC2)CC1. The molecule has 7 nitrogen and oxygen atoms in total. The lowest BCUT2D eigenvalue weighted by atomic mass is 9.94. The summed E-state index contributed by atoms with van der Waals surface area (Å²) in [5.74, 6) is 0.651. The lowest BCUT2D eigenvalue weighted by molar-refractivity contribution is 0.111. The van der Waals surface area contributed by atoms with Crippen LogP contribution in [0.15, 0.2) is 64.0 Å². The molecule has 1 aliphatic heterocycles. The van der Waals surface area contributed by atoms with Gasteiger partial charge in [-0.15, -0.1) is 0 Å². The number of sulfonamides is 1. The van der Waals surface area contributed by atoms with Gasteiger partial charge in [0.05, 0.1) is 10.5 Å². The summed E-state index contributed by atoms with van der Waals surface area (Å²) in [6.07, 6.45) is 6.35. The molecular weight excluding hydrogens is 424 g/mol. The minimum absolute atomic E-state index is 0.212. The summed E-state index contributed by atoms with van der Waals surface area (Å²) < 4.78 is 34.2. The largest absolute Gasteiger partial charge is 0.334 e. The molecule has 0 unspecified atom stereocenters. The summed E-state index contributed by atoms with van der Waals surface area (Å²) in [5.41, 5.74) is 1.26. The van der Waals surface area contributed by atoms with Crippen molar-refractivity contribution in [1.82, 2.24) is 19.3 Å². The fraction of sp³-hybridized carbons (Fsp3) is 0.417. The molecule has 1 saturated heterocycles. The van der Waals surface area contributed by atoms with Crippen molar-refractivity contribution >= 4 is 10.0 Å². The molecule has 0 amide bonds. The van der Waals surface area contributed by atoms with E-state index in [4.69, 9.17) is 4.52 Å². The highest BCUT2D eigenvalue weighted by atomic mass is 32.2. The minimum atomic E-state index is -3.67. The van der Waals surface area contributed by atoms with Gasteiger partial charge in [-0.2, -0.15) is 9.29 Å². The highest BCUT2D eigenvalue weighted by Gasteiger charge is 2.33. The number of hydrogen-bond acceptors (Lipinski definition) is 6. The zero-order valence-corrected chi connectivity index (χ0v) is 18.9. The number of benzene rings is 2. The summed E-state index contributed by atoms with van der Waals surface area (Å²) >= 11 is 0. The van der Waals surface area contributed by atoms with Crippen LogP contribution in [0.1, 0.15) is 32.1 Å². The Kier molecular flexibility index (Phi) is 6.08. The Morgan fingerprint density at radius 2 is 1.53 bits per heavy atom. The fourth-order valence-corrected chi connectivity index (χ4v) is 6.41. The molecule has 0 atom stereocenters. The first-order valence-electron chi connectivity index (χ1n) is 11.4. The maximum Gasteiger partial charge on any atom is 0.259 e. The average molecular weight is 453 g/mol. The maximum atomic E-state index is 13.6. The van der Waals surface area contributed by atoms with Crippen molar-refractivity contribution in [3.05, 3.63) is 54.6 Å². The fourth-order valence-electron chi connectivity index (χ4n) is 4.80. The third-order valence-corrected chi connectivity index (χ3v) is 8.51. The molecule has 3 aromatic rings. The monoisotopic (exact) mass is 452 g/mol. The summed E-state index contributed by atoms with van der Waals surface area (Å²) in [6, 6.07) is 17.0. The first-order chi connectivity index (χ1) is 15.6. The summed E-state index contributed by atoms with van der Waals surface area (Å²) in [6.45, 7) is 2.58. The van der Waals surface area contributed by atoms with Crippen LogP contribution in [0.5, 0.6) is 0 Å². The van der Waals surface area contributed by atoms with Crippen molar-refractivity contribution in [2.75, 3.05) is 26.2 Å². The molecule has 0 radical (unpaired) electrons. The third-order valence-electron chi connectivity index (χ3n) is 6.56. The van der Waals surface area contributed by atoms with E-state index in [1.54, 1.807) is 28.6 Å². The van der Waals surface area contributed by atoms with Gasteiger partial charge in [0, 0.05) is 37.8 Å². The van der Waals surface area contributed by atoms with Crippen LogP contribution in [0.3, 0.4) is 0 Å². The summed E-state index contributed by atoms with van der Waals surface area (Å²) in [5, 5.41) is 4.06. The van der Waals surface area contributed by atoms with Crippen LogP contribution in [0.2, 0.25) is 0 Å². The molecule has 2 aliphatic rings. The van der Waals surface area contributed by atoms with E-state index in [9.17, 15) is 8.42 Å². The first-order valence-corrected chi connectivity index (χ1v) is 12.8. The van der Waals surface area contributed by atoms with Crippen LogP contribution in [0.4, 0.5) is 0 Å². The van der Waals surface area contributed by atoms with Crippen LogP contribution in [-0.4, -0.2) is 60.0 Å². The molecule has 0 bridgehead atoms. The average Bonchev–Trinajstić information content (AvgIpc) is 3.36. The lowest BCUT2D eigenvalue weighted by Crippen LogP contribution is -2.52. The topological polar surface area (TPSA) is 79.5 Å². The predicted molar refractivity (Wildman–Crippen MR) is 122 cm³/mol. The molecule has 8 heteroatoms. The second kappa shape index (κ2) is 9.13. The standard InChI is InChI=1S/C24H28N4O3S/c29-32(30,28-17-15-27(16-18-28)20-11-5-2-6-12-20)22-14-8-7-13-21(22)24-25-23(26-31-24)19-9-3-1-4-10-19/h1,3-4,7-10,13-14,20H,2,5-6,11-12,15-18H2. The third kappa shape index (κ3) is 4.22. The van der Waals surface area contributed by atoms with E-state index < -0.39 is 10.0 Å². The van der Waals surface area contributed by atoms with Crippen molar-refractivity contribution in [1.29, 1.82) is 0 Å². The molecule has 168 valence electrons. The van der Waals surface area contributed by atoms with Crippen LogP contribution < -0.4 is 0 Å². The van der Waals surface area contributed by atoms with E-state index in [0.29, 0.717) is 30.5 Å². The van der Waals surface area contributed by atoms with Crippen molar-refractivity contribution in [2.24, 2.45) is 0 Å². The zero-order chi connectivity index (χ0) is 22.0. The molecule has 0 spiro atoms. The molecule has 1 saturated carbocycles. The van der Waals surface area contributed by atoms with Gasteiger partial charge in [0.2, 0.25) is 15.8 Å². The second-order valence-corrected chi connectivity index (χ2v) is 10.4. The van der Waals surface area contributed by atoms with Gasteiger partial charge in [-0.1, -0.05) is 66.9 Å². The van der Waals surface area contributed by atoms with Gasteiger partial charge in [0.25, 0.3) is 5.89 Å². The highest BCUT2D eigenvalue weighted by Crippen LogP contribution is 2.31. The molecule has 0 N–H and O–H groups in total. The molecule has 1 aliphatic carbocycles. The Bertz CT molecular complexity index is 1150. The summed E-state index contributed by atoms with van der Waals surface area (Å²) in [7, 11) is -3.67. The van der Waals surface area contributed by atoms with Gasteiger partial charge < -0.3 is 4.52 Å². The first kappa shape index (κ1) is 21.3. The molecule has 2 heterocycles. The van der Waals surface area contributed by atoms with Crippen molar-refractivity contribution in [3.8, 4) is 22.8 Å². The Labute approximate surface area is 189 Å². The van der Waals surface area contributed by atoms with E-state index in [-0.39, 0.29) is 10.8 Å². The van der Waals surface area contributed by atoms with E-state index in [1.807, 2.05) is 30.3 Å². The minimum Gasteiger partial charge on any atom is -0.334 e. The van der Waals surface area contributed by atoms with Gasteiger partial charge >= 0.3 is 0 Å². The Morgan fingerprint density at radius 1 is 0.844 bits per heavy atom. The van der Waals surface area contributed by atoms with Crippen LogP contribution in [0, 0.1) is 0 Å². The maximum absolute atomic E-state index is 13.6. The Morgan fingerprint density at radius 3 is 2.28 bits per heavy atom. The van der Waals surface area contributed by atoms with Gasteiger partial charge in [-0.25, -0.2) is 8.42 Å².